The lowest BCUT2D eigenvalue weighted by molar-refractivity contribution is -0.122. The normalized spacial score (nSPS) is 11.7. The molecule has 0 aliphatic heterocycles. The maximum absolute atomic E-state index is 11.9. The summed E-state index contributed by atoms with van der Waals surface area (Å²) in [5, 5.41) is 5.31. The number of hydrogen-bond donors (Lipinski definition) is 4. The second-order valence-corrected chi connectivity index (χ2v) is 4.37. The minimum Gasteiger partial charge on any atom is -0.399 e. The molecule has 1 atom stereocenters. The van der Waals surface area contributed by atoms with Crippen molar-refractivity contribution in [3.63, 3.8) is 0 Å². The summed E-state index contributed by atoms with van der Waals surface area (Å²) in [6, 6.07) is 3.99. The Morgan fingerprint density at radius 1 is 1.21 bits per heavy atom. The minimum absolute atomic E-state index is 0.216. The molecule has 6 heteroatoms. The minimum atomic E-state index is -0.610. The quantitative estimate of drug-likeness (QED) is 0.580. The maximum atomic E-state index is 11.9. The molecule has 0 aliphatic carbocycles. The molecule has 1 aromatic carbocycles. The molecule has 2 amide bonds. The first kappa shape index (κ1) is 14.8. The molecule has 0 saturated carbocycles. The summed E-state index contributed by atoms with van der Waals surface area (Å²) >= 11 is 0. The van der Waals surface area contributed by atoms with Gasteiger partial charge in [-0.1, -0.05) is 6.92 Å². The molecule has 1 aromatic rings. The molecule has 1 unspecified atom stereocenters. The molecule has 6 N–H and O–H groups in total. The third kappa shape index (κ3) is 4.50. The first-order chi connectivity index (χ1) is 8.93. The lowest BCUT2D eigenvalue weighted by Crippen LogP contribution is -2.45. The zero-order valence-electron chi connectivity index (χ0n) is 11.2. The average Bonchev–Trinajstić information content (AvgIpc) is 2.34. The maximum Gasteiger partial charge on any atom is 0.252 e. The van der Waals surface area contributed by atoms with Gasteiger partial charge in [-0.05, 0) is 31.5 Å². The summed E-state index contributed by atoms with van der Waals surface area (Å²) in [6.07, 6.45) is 0.845. The van der Waals surface area contributed by atoms with Gasteiger partial charge >= 0.3 is 0 Å². The summed E-state index contributed by atoms with van der Waals surface area (Å²) in [6.45, 7) is 4.17. The standard InChI is InChI=1S/C13H20N4O2/c1-3-4-16-12(18)8(2)17-13(19)9-5-10(14)7-11(15)6-9/h5-8H,3-4,14-15H2,1-2H3,(H,16,18)(H,17,19). The van der Waals surface area contributed by atoms with Gasteiger partial charge < -0.3 is 22.1 Å². The number of amides is 2. The monoisotopic (exact) mass is 264 g/mol. The molecule has 0 heterocycles. The van der Waals surface area contributed by atoms with Gasteiger partial charge in [-0.25, -0.2) is 0 Å². The van der Waals surface area contributed by atoms with E-state index in [0.717, 1.165) is 6.42 Å². The van der Waals surface area contributed by atoms with Gasteiger partial charge in [0.2, 0.25) is 5.91 Å². The van der Waals surface area contributed by atoms with Crippen LogP contribution in [-0.2, 0) is 4.79 Å². The molecule has 6 nitrogen and oxygen atoms in total. The highest BCUT2D eigenvalue weighted by Gasteiger charge is 2.16. The average molecular weight is 264 g/mol. The van der Waals surface area contributed by atoms with Gasteiger partial charge in [0.25, 0.3) is 5.91 Å². The van der Waals surface area contributed by atoms with Crippen LogP contribution < -0.4 is 22.1 Å². The summed E-state index contributed by atoms with van der Waals surface area (Å²) in [5.41, 5.74) is 12.4. The Kier molecular flexibility index (Phi) is 5.17. The van der Waals surface area contributed by atoms with Crippen molar-refractivity contribution in [3.05, 3.63) is 23.8 Å². The van der Waals surface area contributed by atoms with Crippen LogP contribution in [0, 0.1) is 0 Å². The highest BCUT2D eigenvalue weighted by molar-refractivity contribution is 5.98. The number of benzene rings is 1. The van der Waals surface area contributed by atoms with Gasteiger partial charge in [0, 0.05) is 23.5 Å². The third-order valence-corrected chi connectivity index (χ3v) is 2.53. The van der Waals surface area contributed by atoms with Crippen molar-refractivity contribution < 1.29 is 9.59 Å². The lowest BCUT2D eigenvalue weighted by Gasteiger charge is -2.14. The molecule has 0 radical (unpaired) electrons. The van der Waals surface area contributed by atoms with Crippen LogP contribution in [0.2, 0.25) is 0 Å². The van der Waals surface area contributed by atoms with Crippen LogP contribution in [0.5, 0.6) is 0 Å². The lowest BCUT2D eigenvalue weighted by atomic mass is 10.1. The van der Waals surface area contributed by atoms with Crippen molar-refractivity contribution in [1.29, 1.82) is 0 Å². The zero-order chi connectivity index (χ0) is 14.4. The van der Waals surface area contributed by atoms with Crippen LogP contribution in [0.25, 0.3) is 0 Å². The second kappa shape index (κ2) is 6.63. The van der Waals surface area contributed by atoms with Crippen LogP contribution in [0.1, 0.15) is 30.6 Å². The summed E-state index contributed by atoms with van der Waals surface area (Å²) in [5.74, 6) is -0.592. The molecule has 0 fully saturated rings. The highest BCUT2D eigenvalue weighted by Crippen LogP contribution is 2.13. The van der Waals surface area contributed by atoms with Crippen molar-refractivity contribution in [3.8, 4) is 0 Å². The van der Waals surface area contributed by atoms with Crippen LogP contribution in [-0.4, -0.2) is 24.4 Å². The van der Waals surface area contributed by atoms with E-state index in [2.05, 4.69) is 10.6 Å². The van der Waals surface area contributed by atoms with Gasteiger partial charge in [0.1, 0.15) is 6.04 Å². The van der Waals surface area contributed by atoms with Crippen LogP contribution >= 0.6 is 0 Å². The van der Waals surface area contributed by atoms with Crippen LogP contribution in [0.4, 0.5) is 11.4 Å². The largest absolute Gasteiger partial charge is 0.399 e. The number of anilines is 2. The number of hydrogen-bond acceptors (Lipinski definition) is 4. The predicted octanol–water partition coefficient (Wildman–Crippen LogP) is 0.496. The smallest absolute Gasteiger partial charge is 0.252 e. The number of nitrogens with one attached hydrogen (secondary N) is 2. The fourth-order valence-electron chi connectivity index (χ4n) is 1.55. The van der Waals surface area contributed by atoms with E-state index in [1.54, 1.807) is 13.0 Å². The van der Waals surface area contributed by atoms with Gasteiger partial charge in [-0.3, -0.25) is 9.59 Å². The molecule has 1 rings (SSSR count). The van der Waals surface area contributed by atoms with E-state index in [1.165, 1.54) is 12.1 Å². The Hall–Kier alpha value is -2.24. The summed E-state index contributed by atoms with van der Waals surface area (Å²) in [7, 11) is 0. The predicted molar refractivity (Wildman–Crippen MR) is 75.5 cm³/mol. The molecule has 0 saturated heterocycles. The third-order valence-electron chi connectivity index (χ3n) is 2.53. The SMILES string of the molecule is CCCNC(=O)C(C)NC(=O)c1cc(N)cc(N)c1. The first-order valence-electron chi connectivity index (χ1n) is 6.18. The molecule has 19 heavy (non-hydrogen) atoms. The Morgan fingerprint density at radius 3 is 2.32 bits per heavy atom. The molecule has 104 valence electrons. The van der Waals surface area contributed by atoms with E-state index >= 15 is 0 Å². The molecule has 0 aliphatic rings. The van der Waals surface area contributed by atoms with E-state index in [4.69, 9.17) is 11.5 Å². The Morgan fingerprint density at radius 2 is 1.79 bits per heavy atom. The van der Waals surface area contributed by atoms with Crippen molar-refractivity contribution in [1.82, 2.24) is 10.6 Å². The van der Waals surface area contributed by atoms with Gasteiger partial charge in [-0.2, -0.15) is 0 Å². The molecular weight excluding hydrogens is 244 g/mol. The van der Waals surface area contributed by atoms with E-state index in [9.17, 15) is 9.59 Å². The van der Waals surface area contributed by atoms with Crippen LogP contribution in [0.15, 0.2) is 18.2 Å². The van der Waals surface area contributed by atoms with E-state index in [1.807, 2.05) is 6.92 Å². The summed E-state index contributed by atoms with van der Waals surface area (Å²) < 4.78 is 0. The fraction of sp³-hybridized carbons (Fsp3) is 0.385. The van der Waals surface area contributed by atoms with Crippen molar-refractivity contribution in [2.45, 2.75) is 26.3 Å². The summed E-state index contributed by atoms with van der Waals surface area (Å²) in [4.78, 5) is 23.6. The van der Waals surface area contributed by atoms with E-state index in [-0.39, 0.29) is 11.8 Å². The molecule has 0 bridgehead atoms. The van der Waals surface area contributed by atoms with Gasteiger partial charge in [0.15, 0.2) is 0 Å². The number of carbonyl (C=O) groups is 2. The number of nitrogen functional groups attached to an aromatic ring is 2. The highest BCUT2D eigenvalue weighted by atomic mass is 16.2. The Balaban J connectivity index is 2.66. The van der Waals surface area contributed by atoms with Crippen molar-refractivity contribution in [2.75, 3.05) is 18.0 Å². The Bertz CT molecular complexity index is 453. The van der Waals surface area contributed by atoms with Gasteiger partial charge in [-0.15, -0.1) is 0 Å². The molecular formula is C13H20N4O2. The van der Waals surface area contributed by atoms with E-state index in [0.29, 0.717) is 23.5 Å². The van der Waals surface area contributed by atoms with Gasteiger partial charge in [0.05, 0.1) is 0 Å². The second-order valence-electron chi connectivity index (χ2n) is 4.37. The number of nitrogens with two attached hydrogens (primary N) is 2. The van der Waals surface area contributed by atoms with Crippen LogP contribution in [0.3, 0.4) is 0 Å². The van der Waals surface area contributed by atoms with Crippen molar-refractivity contribution in [2.24, 2.45) is 0 Å². The fourth-order valence-corrected chi connectivity index (χ4v) is 1.55. The zero-order valence-corrected chi connectivity index (χ0v) is 11.2. The Labute approximate surface area is 112 Å². The topological polar surface area (TPSA) is 110 Å². The first-order valence-corrected chi connectivity index (χ1v) is 6.18. The van der Waals surface area contributed by atoms with E-state index < -0.39 is 6.04 Å². The molecule has 0 spiro atoms. The number of rotatable bonds is 5. The number of carbonyl (C=O) groups excluding carboxylic acids is 2. The molecule has 0 aromatic heterocycles. The van der Waals surface area contributed by atoms with Crippen molar-refractivity contribution >= 4 is 23.2 Å².